The summed E-state index contributed by atoms with van der Waals surface area (Å²) in [5.74, 6) is 0. The van der Waals surface area contributed by atoms with Gasteiger partial charge in [-0.2, -0.15) is 0 Å². The van der Waals surface area contributed by atoms with Crippen molar-refractivity contribution >= 4 is 29.6 Å². The van der Waals surface area contributed by atoms with E-state index in [1.165, 1.54) is 0 Å². The molecule has 1 aromatic carbocycles. The first-order valence-corrected chi connectivity index (χ1v) is 10.2. The normalized spacial score (nSPS) is 20.2. The third-order valence-corrected chi connectivity index (χ3v) is 4.88. The molecule has 3 amide bonds. The summed E-state index contributed by atoms with van der Waals surface area (Å²) >= 11 is 1.65. The van der Waals surface area contributed by atoms with Gasteiger partial charge in [0.1, 0.15) is 5.60 Å². The van der Waals surface area contributed by atoms with Crippen LogP contribution >= 0.6 is 11.8 Å². The minimum Gasteiger partial charge on any atom is -0.444 e. The van der Waals surface area contributed by atoms with E-state index < -0.39 is 11.7 Å². The van der Waals surface area contributed by atoms with Crippen LogP contribution in [0.4, 0.5) is 15.3 Å². The summed E-state index contributed by atoms with van der Waals surface area (Å²) in [4.78, 5) is 25.5. The van der Waals surface area contributed by atoms with E-state index in [9.17, 15) is 9.59 Å². The van der Waals surface area contributed by atoms with Gasteiger partial charge in [-0.3, -0.25) is 0 Å². The van der Waals surface area contributed by atoms with Gasteiger partial charge in [0.2, 0.25) is 0 Å². The average Bonchev–Trinajstić information content (AvgIpc) is 2.55. The summed E-state index contributed by atoms with van der Waals surface area (Å²) in [6.07, 6.45) is 5.28. The van der Waals surface area contributed by atoms with Crippen LogP contribution in [-0.2, 0) is 4.74 Å². The summed E-state index contributed by atoms with van der Waals surface area (Å²) in [5, 5.41) is 8.74. The third-order valence-electron chi connectivity index (χ3n) is 4.13. The maximum Gasteiger partial charge on any atom is 0.407 e. The van der Waals surface area contributed by atoms with Crippen LogP contribution in [0.1, 0.15) is 46.5 Å². The molecule has 6 nitrogen and oxygen atoms in total. The number of alkyl carbamates (subject to hydrolysis) is 1. The van der Waals surface area contributed by atoms with Crippen LogP contribution in [0, 0.1) is 0 Å². The second kappa shape index (κ2) is 9.16. The molecule has 2 rings (SSSR count). The highest BCUT2D eigenvalue weighted by atomic mass is 32.2. The average molecular weight is 380 g/mol. The summed E-state index contributed by atoms with van der Waals surface area (Å²) in [5.41, 5.74) is 0.204. The summed E-state index contributed by atoms with van der Waals surface area (Å²) in [7, 11) is 0. The van der Waals surface area contributed by atoms with Crippen LogP contribution in [0.5, 0.6) is 0 Å². The van der Waals surface area contributed by atoms with E-state index in [2.05, 4.69) is 16.0 Å². The highest BCUT2D eigenvalue weighted by molar-refractivity contribution is 7.98. The van der Waals surface area contributed by atoms with Crippen molar-refractivity contribution < 1.29 is 14.3 Å². The van der Waals surface area contributed by atoms with Gasteiger partial charge < -0.3 is 20.7 Å². The predicted molar refractivity (Wildman–Crippen MR) is 106 cm³/mol. The van der Waals surface area contributed by atoms with Gasteiger partial charge >= 0.3 is 12.1 Å². The zero-order valence-electron chi connectivity index (χ0n) is 15.9. The van der Waals surface area contributed by atoms with E-state index in [1.54, 1.807) is 11.8 Å². The highest BCUT2D eigenvalue weighted by Crippen LogP contribution is 2.20. The number of amides is 3. The molecule has 0 heterocycles. The molecule has 1 aliphatic carbocycles. The Balaban J connectivity index is 1.89. The van der Waals surface area contributed by atoms with Gasteiger partial charge in [-0.05, 0) is 64.1 Å². The first-order valence-electron chi connectivity index (χ1n) is 8.98. The SMILES string of the molecule is CSc1ccc(NC(=O)N[C@@H]2CCCC[C@@H]2NC(=O)OC(C)(C)C)cc1. The number of thioether (sulfide) groups is 1. The predicted octanol–water partition coefficient (Wildman–Crippen LogP) is 4.37. The molecule has 1 aromatic rings. The van der Waals surface area contributed by atoms with Crippen molar-refractivity contribution in [3.63, 3.8) is 0 Å². The largest absolute Gasteiger partial charge is 0.444 e. The number of rotatable bonds is 4. The lowest BCUT2D eigenvalue weighted by molar-refractivity contribution is 0.0481. The number of benzene rings is 1. The molecule has 3 N–H and O–H groups in total. The molecule has 1 saturated carbocycles. The van der Waals surface area contributed by atoms with Crippen LogP contribution in [0.2, 0.25) is 0 Å². The Kier molecular flexibility index (Phi) is 7.20. The Bertz CT molecular complexity index is 613. The monoisotopic (exact) mass is 379 g/mol. The van der Waals surface area contributed by atoms with Crippen molar-refractivity contribution in [3.8, 4) is 0 Å². The molecule has 144 valence electrons. The number of hydrogen-bond donors (Lipinski definition) is 3. The number of carbonyl (C=O) groups excluding carboxylic acids is 2. The van der Waals surface area contributed by atoms with Gasteiger partial charge in [0.25, 0.3) is 0 Å². The Hall–Kier alpha value is -1.89. The van der Waals surface area contributed by atoms with Crippen molar-refractivity contribution in [1.82, 2.24) is 10.6 Å². The van der Waals surface area contributed by atoms with Crippen molar-refractivity contribution in [3.05, 3.63) is 24.3 Å². The molecule has 0 radical (unpaired) electrons. The first kappa shape index (κ1) is 20.4. The van der Waals surface area contributed by atoms with Crippen molar-refractivity contribution in [2.24, 2.45) is 0 Å². The van der Waals surface area contributed by atoms with Crippen molar-refractivity contribution in [2.45, 2.75) is 69.0 Å². The number of hydrogen-bond acceptors (Lipinski definition) is 4. The minimum absolute atomic E-state index is 0.110. The van der Waals surface area contributed by atoms with Gasteiger partial charge in [0.15, 0.2) is 0 Å². The summed E-state index contributed by atoms with van der Waals surface area (Å²) < 4.78 is 5.33. The van der Waals surface area contributed by atoms with Gasteiger partial charge in [0, 0.05) is 10.6 Å². The van der Waals surface area contributed by atoms with Crippen LogP contribution in [0.3, 0.4) is 0 Å². The number of nitrogens with one attached hydrogen (secondary N) is 3. The fraction of sp³-hybridized carbons (Fsp3) is 0.579. The molecule has 1 fully saturated rings. The molecule has 0 bridgehead atoms. The lowest BCUT2D eigenvalue weighted by Crippen LogP contribution is -2.54. The standard InChI is InChI=1S/C19H29N3O3S/c1-19(2,3)25-18(24)22-16-8-6-5-7-15(16)21-17(23)20-13-9-11-14(26-4)12-10-13/h9-12,15-16H,5-8H2,1-4H3,(H,22,24)(H2,20,21,23)/t15-,16+/m1/s1. The topological polar surface area (TPSA) is 79.5 Å². The molecule has 0 spiro atoms. The van der Waals surface area contributed by atoms with Crippen LogP contribution < -0.4 is 16.0 Å². The van der Waals surface area contributed by atoms with Crippen LogP contribution in [0.15, 0.2) is 29.2 Å². The highest BCUT2D eigenvalue weighted by Gasteiger charge is 2.29. The Morgan fingerprint density at radius 3 is 2.15 bits per heavy atom. The smallest absolute Gasteiger partial charge is 0.407 e. The molecule has 2 atom stereocenters. The molecule has 7 heteroatoms. The molecular weight excluding hydrogens is 350 g/mol. The fourth-order valence-electron chi connectivity index (χ4n) is 2.95. The maximum absolute atomic E-state index is 12.3. The molecule has 0 aliphatic heterocycles. The van der Waals surface area contributed by atoms with Crippen LogP contribution in [-0.4, -0.2) is 36.1 Å². The Morgan fingerprint density at radius 1 is 1.04 bits per heavy atom. The van der Waals surface area contributed by atoms with Gasteiger partial charge in [0.05, 0.1) is 12.1 Å². The number of anilines is 1. The quantitative estimate of drug-likeness (QED) is 0.679. The molecule has 0 saturated heterocycles. The maximum atomic E-state index is 12.3. The molecular formula is C19H29N3O3S. The Labute approximate surface area is 159 Å². The minimum atomic E-state index is -0.540. The van der Waals surface area contributed by atoms with E-state index in [-0.39, 0.29) is 18.1 Å². The number of carbonyl (C=O) groups is 2. The zero-order chi connectivity index (χ0) is 19.2. The fourth-order valence-corrected chi connectivity index (χ4v) is 3.35. The number of ether oxygens (including phenoxy) is 1. The van der Waals surface area contributed by atoms with Crippen LogP contribution in [0.25, 0.3) is 0 Å². The lowest BCUT2D eigenvalue weighted by atomic mass is 9.90. The Morgan fingerprint density at radius 2 is 1.62 bits per heavy atom. The van der Waals surface area contributed by atoms with Crippen molar-refractivity contribution in [1.29, 1.82) is 0 Å². The van der Waals surface area contributed by atoms with E-state index in [0.29, 0.717) is 0 Å². The van der Waals surface area contributed by atoms with Crippen molar-refractivity contribution in [2.75, 3.05) is 11.6 Å². The molecule has 26 heavy (non-hydrogen) atoms. The summed E-state index contributed by atoms with van der Waals surface area (Å²) in [6.45, 7) is 5.50. The van der Waals surface area contributed by atoms with E-state index in [0.717, 1.165) is 36.3 Å². The van der Waals surface area contributed by atoms with E-state index in [4.69, 9.17) is 4.74 Å². The first-order chi connectivity index (χ1) is 12.3. The lowest BCUT2D eigenvalue weighted by Gasteiger charge is -2.33. The second-order valence-corrected chi connectivity index (χ2v) is 8.35. The summed E-state index contributed by atoms with van der Waals surface area (Å²) in [6, 6.07) is 7.20. The molecule has 0 aromatic heterocycles. The van der Waals surface area contributed by atoms with Gasteiger partial charge in [-0.25, -0.2) is 9.59 Å². The van der Waals surface area contributed by atoms with Gasteiger partial charge in [-0.15, -0.1) is 11.8 Å². The molecule has 1 aliphatic rings. The van der Waals surface area contributed by atoms with E-state index >= 15 is 0 Å². The van der Waals surface area contributed by atoms with Gasteiger partial charge in [-0.1, -0.05) is 12.8 Å². The van der Waals surface area contributed by atoms with E-state index in [1.807, 2.05) is 51.3 Å². The zero-order valence-corrected chi connectivity index (χ0v) is 16.7. The number of urea groups is 1. The third kappa shape index (κ3) is 6.78. The second-order valence-electron chi connectivity index (χ2n) is 7.47. The molecule has 0 unspecified atom stereocenters.